The molecular formula is C27H22ClN. The fourth-order valence-electron chi connectivity index (χ4n) is 4.25. The Balaban J connectivity index is 1.75. The highest BCUT2D eigenvalue weighted by molar-refractivity contribution is 6.30. The molecule has 1 nitrogen and oxygen atoms in total. The maximum atomic E-state index is 6.19. The van der Waals surface area contributed by atoms with Crippen molar-refractivity contribution in [2.75, 3.05) is 4.90 Å². The van der Waals surface area contributed by atoms with Crippen molar-refractivity contribution in [2.24, 2.45) is 0 Å². The van der Waals surface area contributed by atoms with E-state index in [0.717, 1.165) is 23.6 Å². The second kappa shape index (κ2) is 7.77. The van der Waals surface area contributed by atoms with Gasteiger partial charge in [0.05, 0.1) is 5.70 Å². The molecule has 0 aromatic heterocycles. The van der Waals surface area contributed by atoms with Crippen LogP contribution in [0.2, 0.25) is 5.02 Å². The van der Waals surface area contributed by atoms with Crippen LogP contribution in [0.5, 0.6) is 0 Å². The van der Waals surface area contributed by atoms with Crippen molar-refractivity contribution < 1.29 is 0 Å². The normalized spacial score (nSPS) is 16.2. The van der Waals surface area contributed by atoms with Crippen LogP contribution in [-0.4, -0.2) is 0 Å². The van der Waals surface area contributed by atoms with E-state index in [1.54, 1.807) is 0 Å². The summed E-state index contributed by atoms with van der Waals surface area (Å²) < 4.78 is 0. The van der Waals surface area contributed by atoms with E-state index in [0.29, 0.717) is 0 Å². The van der Waals surface area contributed by atoms with Gasteiger partial charge in [0.1, 0.15) is 0 Å². The van der Waals surface area contributed by atoms with Gasteiger partial charge >= 0.3 is 0 Å². The zero-order chi connectivity index (χ0) is 19.6. The molecule has 0 bridgehead atoms. The van der Waals surface area contributed by atoms with E-state index in [1.807, 2.05) is 12.1 Å². The SMILES string of the molecule is Clc1ccc(N2C3=CCCCC3=C(c3ccccc3)C=C2c2ccccc2)cc1. The van der Waals surface area contributed by atoms with Gasteiger partial charge in [-0.25, -0.2) is 0 Å². The summed E-state index contributed by atoms with van der Waals surface area (Å²) in [7, 11) is 0. The van der Waals surface area contributed by atoms with Crippen LogP contribution < -0.4 is 4.90 Å². The van der Waals surface area contributed by atoms with E-state index in [-0.39, 0.29) is 0 Å². The van der Waals surface area contributed by atoms with Crippen LogP contribution in [0.3, 0.4) is 0 Å². The fourth-order valence-corrected chi connectivity index (χ4v) is 4.38. The molecule has 0 unspecified atom stereocenters. The molecule has 1 aliphatic heterocycles. The Morgan fingerprint density at radius 1 is 0.690 bits per heavy atom. The molecule has 2 heteroatoms. The Kier molecular flexibility index (Phi) is 4.83. The zero-order valence-electron chi connectivity index (χ0n) is 16.2. The quantitative estimate of drug-likeness (QED) is 0.438. The van der Waals surface area contributed by atoms with Gasteiger partial charge < -0.3 is 4.90 Å². The van der Waals surface area contributed by atoms with Crippen molar-refractivity contribution in [1.29, 1.82) is 0 Å². The molecular weight excluding hydrogens is 374 g/mol. The summed E-state index contributed by atoms with van der Waals surface area (Å²) in [5.41, 5.74) is 8.89. The van der Waals surface area contributed by atoms with Gasteiger partial charge in [0, 0.05) is 16.4 Å². The summed E-state index contributed by atoms with van der Waals surface area (Å²) in [6.07, 6.45) is 8.15. The van der Waals surface area contributed by atoms with E-state index in [2.05, 4.69) is 89.8 Å². The summed E-state index contributed by atoms with van der Waals surface area (Å²) in [5.74, 6) is 0. The number of halogens is 1. The van der Waals surface area contributed by atoms with E-state index in [9.17, 15) is 0 Å². The number of anilines is 1. The molecule has 29 heavy (non-hydrogen) atoms. The molecule has 0 saturated heterocycles. The van der Waals surface area contributed by atoms with Gasteiger partial charge in [-0.3, -0.25) is 0 Å². The van der Waals surface area contributed by atoms with Gasteiger partial charge in [-0.15, -0.1) is 0 Å². The molecule has 0 fully saturated rings. The number of nitrogens with zero attached hydrogens (tertiary/aromatic N) is 1. The van der Waals surface area contributed by atoms with Crippen LogP contribution >= 0.6 is 11.6 Å². The molecule has 0 saturated carbocycles. The second-order valence-electron chi connectivity index (χ2n) is 7.45. The molecule has 1 heterocycles. The number of hydrogen-bond acceptors (Lipinski definition) is 1. The Morgan fingerprint density at radius 2 is 1.34 bits per heavy atom. The molecule has 5 rings (SSSR count). The molecule has 0 atom stereocenters. The zero-order valence-corrected chi connectivity index (χ0v) is 16.9. The van der Waals surface area contributed by atoms with Crippen molar-refractivity contribution in [3.63, 3.8) is 0 Å². The first-order valence-electron chi connectivity index (χ1n) is 10.1. The number of hydrogen-bond donors (Lipinski definition) is 0. The predicted molar refractivity (Wildman–Crippen MR) is 124 cm³/mol. The first kappa shape index (κ1) is 18.0. The molecule has 0 N–H and O–H groups in total. The van der Waals surface area contributed by atoms with Crippen LogP contribution in [0, 0.1) is 0 Å². The van der Waals surface area contributed by atoms with Crippen LogP contribution in [0.15, 0.2) is 108 Å². The number of fused-ring (bicyclic) bond motifs is 1. The van der Waals surface area contributed by atoms with Gasteiger partial charge in [0.25, 0.3) is 0 Å². The minimum Gasteiger partial charge on any atom is -0.310 e. The van der Waals surface area contributed by atoms with Crippen molar-refractivity contribution in [2.45, 2.75) is 19.3 Å². The van der Waals surface area contributed by atoms with E-state index in [4.69, 9.17) is 11.6 Å². The summed E-state index contributed by atoms with van der Waals surface area (Å²) >= 11 is 6.19. The smallest absolute Gasteiger partial charge is 0.0540 e. The van der Waals surface area contributed by atoms with Gasteiger partial charge in [-0.05, 0) is 71.9 Å². The van der Waals surface area contributed by atoms with Crippen LogP contribution in [0.4, 0.5) is 5.69 Å². The predicted octanol–water partition coefficient (Wildman–Crippen LogP) is 7.72. The number of rotatable bonds is 3. The molecule has 0 radical (unpaired) electrons. The molecule has 0 amide bonds. The van der Waals surface area contributed by atoms with Crippen molar-refractivity contribution in [3.05, 3.63) is 125 Å². The first-order valence-corrected chi connectivity index (χ1v) is 10.5. The van der Waals surface area contributed by atoms with Crippen LogP contribution in [0.1, 0.15) is 30.4 Å². The largest absolute Gasteiger partial charge is 0.310 e. The highest BCUT2D eigenvalue weighted by Gasteiger charge is 2.29. The lowest BCUT2D eigenvalue weighted by Crippen LogP contribution is -2.27. The van der Waals surface area contributed by atoms with Gasteiger partial charge in [-0.2, -0.15) is 0 Å². The van der Waals surface area contributed by atoms with Gasteiger partial charge in [0.2, 0.25) is 0 Å². The summed E-state index contributed by atoms with van der Waals surface area (Å²) in [4.78, 5) is 2.40. The van der Waals surface area contributed by atoms with E-state index >= 15 is 0 Å². The molecule has 3 aromatic carbocycles. The summed E-state index contributed by atoms with van der Waals surface area (Å²) in [5, 5.41) is 0.759. The van der Waals surface area contributed by atoms with Crippen molar-refractivity contribution >= 4 is 28.6 Å². The van der Waals surface area contributed by atoms with Crippen LogP contribution in [0.25, 0.3) is 11.3 Å². The third-order valence-electron chi connectivity index (χ3n) is 5.60. The number of benzene rings is 3. The molecule has 2 aliphatic rings. The minimum atomic E-state index is 0.759. The lowest BCUT2D eigenvalue weighted by Gasteiger charge is -2.38. The average molecular weight is 396 g/mol. The van der Waals surface area contributed by atoms with Crippen molar-refractivity contribution in [3.8, 4) is 0 Å². The maximum absolute atomic E-state index is 6.19. The Bertz CT molecular complexity index is 1110. The van der Waals surface area contributed by atoms with Crippen LogP contribution in [-0.2, 0) is 0 Å². The lowest BCUT2D eigenvalue weighted by atomic mass is 9.85. The fraction of sp³-hybridized carbons (Fsp3) is 0.111. The number of allylic oxidation sites excluding steroid dienone is 4. The molecule has 0 spiro atoms. The monoisotopic (exact) mass is 395 g/mol. The third kappa shape index (κ3) is 3.43. The van der Waals surface area contributed by atoms with Gasteiger partial charge in [0.15, 0.2) is 0 Å². The van der Waals surface area contributed by atoms with Crippen molar-refractivity contribution in [1.82, 2.24) is 0 Å². The summed E-state index contributed by atoms with van der Waals surface area (Å²) in [6, 6.07) is 29.6. The molecule has 3 aromatic rings. The first-order chi connectivity index (χ1) is 14.3. The van der Waals surface area contributed by atoms with Gasteiger partial charge in [-0.1, -0.05) is 78.3 Å². The Labute approximate surface area is 177 Å². The maximum Gasteiger partial charge on any atom is 0.0540 e. The lowest BCUT2D eigenvalue weighted by molar-refractivity contribution is 0.792. The minimum absolute atomic E-state index is 0.759. The summed E-state index contributed by atoms with van der Waals surface area (Å²) in [6.45, 7) is 0. The van der Waals surface area contributed by atoms with E-state index < -0.39 is 0 Å². The highest BCUT2D eigenvalue weighted by Crippen LogP contribution is 2.45. The third-order valence-corrected chi connectivity index (χ3v) is 5.86. The standard InChI is InChI=1S/C27H22ClN/c28-22-15-17-23(18-16-22)29-26-14-8-7-13-24(26)25(20-9-3-1-4-10-20)19-27(29)21-11-5-2-6-12-21/h1-6,9-12,14-19H,7-8,13H2. The average Bonchev–Trinajstić information content (AvgIpc) is 2.80. The molecule has 1 aliphatic carbocycles. The Morgan fingerprint density at radius 3 is 2.03 bits per heavy atom. The Hall–Kier alpha value is -3.03. The second-order valence-corrected chi connectivity index (χ2v) is 7.88. The highest BCUT2D eigenvalue weighted by atomic mass is 35.5. The van der Waals surface area contributed by atoms with E-state index in [1.165, 1.54) is 40.1 Å². The molecule has 142 valence electrons. The topological polar surface area (TPSA) is 3.24 Å².